The van der Waals surface area contributed by atoms with Gasteiger partial charge < -0.3 is 10.1 Å². The van der Waals surface area contributed by atoms with E-state index >= 15 is 0 Å². The summed E-state index contributed by atoms with van der Waals surface area (Å²) in [7, 11) is -2.94. The Morgan fingerprint density at radius 2 is 1.80 bits per heavy atom. The number of sulfone groups is 1. The molecule has 0 saturated heterocycles. The molecule has 0 fully saturated rings. The lowest BCUT2D eigenvalue weighted by Gasteiger charge is -2.22. The maximum absolute atomic E-state index is 11.7. The zero-order valence-corrected chi connectivity index (χ0v) is 23.3. The quantitative estimate of drug-likeness (QED) is 0.343. The van der Waals surface area contributed by atoms with Crippen molar-refractivity contribution in [3.05, 3.63) is 64.2 Å². The van der Waals surface area contributed by atoms with E-state index in [-0.39, 0.29) is 11.5 Å². The summed E-state index contributed by atoms with van der Waals surface area (Å²) in [5.74, 6) is 1.61. The van der Waals surface area contributed by atoms with Crippen LogP contribution >= 0.6 is 0 Å². The minimum Gasteiger partial charge on any atom is -0.492 e. The largest absolute Gasteiger partial charge is 0.492 e. The first kappa shape index (κ1) is 29.1. The molecular weight excluding hydrogens is 458 g/mol. The van der Waals surface area contributed by atoms with Crippen molar-refractivity contribution in [2.75, 3.05) is 25.2 Å². The summed E-state index contributed by atoms with van der Waals surface area (Å²) < 4.78 is 28.5. The van der Waals surface area contributed by atoms with Gasteiger partial charge in [-0.2, -0.15) is 0 Å². The number of Topliss-reactive ketones (excluding diaryl/α,β-unsaturated/α-hetero) is 1. The number of benzene rings is 2. The monoisotopic (exact) mass is 501 g/mol. The van der Waals surface area contributed by atoms with Crippen molar-refractivity contribution in [2.24, 2.45) is 5.41 Å². The van der Waals surface area contributed by atoms with E-state index in [1.807, 2.05) is 19.9 Å². The molecule has 0 aliphatic rings. The third-order valence-electron chi connectivity index (χ3n) is 6.86. The van der Waals surface area contributed by atoms with Gasteiger partial charge in [-0.15, -0.1) is 0 Å². The first-order valence-corrected chi connectivity index (χ1v) is 14.6. The number of carbonyl (C=O) groups excluding carboxylic acids is 1. The molecule has 0 aliphatic carbocycles. The number of nitrogens with one attached hydrogen (secondary N) is 1. The van der Waals surface area contributed by atoms with Crippen LogP contribution in [0, 0.1) is 19.3 Å². The van der Waals surface area contributed by atoms with Gasteiger partial charge in [0, 0.05) is 19.3 Å². The number of aryl methyl sites for hydroxylation is 3. The van der Waals surface area contributed by atoms with E-state index in [4.69, 9.17) is 4.74 Å². The summed E-state index contributed by atoms with van der Waals surface area (Å²) in [5, 5.41) is 3.23. The molecule has 2 aromatic rings. The van der Waals surface area contributed by atoms with E-state index in [0.717, 1.165) is 30.6 Å². The van der Waals surface area contributed by atoms with Crippen LogP contribution in [0.5, 0.6) is 5.75 Å². The second-order valence-electron chi connectivity index (χ2n) is 10.5. The molecule has 2 aromatic carbocycles. The summed E-state index contributed by atoms with van der Waals surface area (Å²) >= 11 is 0. The zero-order chi connectivity index (χ0) is 26.2. The topological polar surface area (TPSA) is 72.5 Å². The molecule has 0 radical (unpaired) electrons. The Kier molecular flexibility index (Phi) is 10.5. The van der Waals surface area contributed by atoms with E-state index in [1.165, 1.54) is 28.5 Å². The van der Waals surface area contributed by atoms with Crippen LogP contribution in [0.1, 0.15) is 74.3 Å². The number of hydrogen-bond acceptors (Lipinski definition) is 5. The van der Waals surface area contributed by atoms with Crippen LogP contribution < -0.4 is 10.1 Å². The molecule has 0 heterocycles. The molecule has 2 rings (SSSR count). The molecule has 0 amide bonds. The number of ether oxygens (including phenoxy) is 1. The van der Waals surface area contributed by atoms with E-state index in [9.17, 15) is 13.2 Å². The lowest BCUT2D eigenvalue weighted by atomic mass is 9.88. The third-order valence-corrected chi connectivity index (χ3v) is 7.80. The standard InChI is InChI=1S/C29H43NO4S/c1-8-25(26-12-13-27(21(2)18-26)19-30-15-16-35(7,32)33)11-9-24-10-14-28(22(3)17-24)34-20-29(5,6)23(4)31/h10,12-14,17-18,25,30H,8-9,11,15-16,19-20H2,1-7H3. The Hall–Kier alpha value is -2.18. The van der Waals surface area contributed by atoms with E-state index in [2.05, 4.69) is 56.4 Å². The maximum Gasteiger partial charge on any atom is 0.148 e. The first-order valence-electron chi connectivity index (χ1n) is 12.5. The highest BCUT2D eigenvalue weighted by atomic mass is 32.2. The van der Waals surface area contributed by atoms with Gasteiger partial charge in [-0.3, -0.25) is 4.79 Å². The fourth-order valence-corrected chi connectivity index (χ4v) is 4.50. The Labute approximate surface area is 212 Å². The average molecular weight is 502 g/mol. The van der Waals surface area contributed by atoms with Crippen LogP contribution in [0.3, 0.4) is 0 Å². The molecule has 0 aliphatic heterocycles. The molecule has 1 N–H and O–H groups in total. The van der Waals surface area contributed by atoms with Crippen molar-refractivity contribution < 1.29 is 17.9 Å². The predicted octanol–water partition coefficient (Wildman–Crippen LogP) is 5.56. The second-order valence-corrected chi connectivity index (χ2v) is 12.7. The number of ketones is 1. The SMILES string of the molecule is CCC(CCc1ccc(OCC(C)(C)C(C)=O)c(C)c1)c1ccc(CNCCS(C)(=O)=O)c(C)c1. The number of rotatable bonds is 14. The normalized spacial score (nSPS) is 13.0. The molecule has 35 heavy (non-hydrogen) atoms. The van der Waals surface area contributed by atoms with Gasteiger partial charge in [0.05, 0.1) is 11.2 Å². The Morgan fingerprint density at radius 3 is 2.37 bits per heavy atom. The Bertz CT molecular complexity index is 1110. The minimum atomic E-state index is -2.94. The van der Waals surface area contributed by atoms with Gasteiger partial charge in [0.1, 0.15) is 28.0 Å². The van der Waals surface area contributed by atoms with Crippen molar-refractivity contribution in [1.29, 1.82) is 0 Å². The molecule has 6 heteroatoms. The minimum absolute atomic E-state index is 0.129. The van der Waals surface area contributed by atoms with Crippen LogP contribution in [0.15, 0.2) is 36.4 Å². The van der Waals surface area contributed by atoms with Gasteiger partial charge >= 0.3 is 0 Å². The lowest BCUT2D eigenvalue weighted by Crippen LogP contribution is -2.29. The lowest BCUT2D eigenvalue weighted by molar-refractivity contribution is -0.126. The first-order chi connectivity index (χ1) is 16.3. The molecular formula is C29H43NO4S. The number of carbonyl (C=O) groups is 1. The highest BCUT2D eigenvalue weighted by Gasteiger charge is 2.24. The van der Waals surface area contributed by atoms with Crippen LogP contribution in [-0.4, -0.2) is 39.4 Å². The molecule has 0 saturated carbocycles. The molecule has 1 unspecified atom stereocenters. The summed E-state index contributed by atoms with van der Waals surface area (Å²) in [6.45, 7) is 13.4. The van der Waals surface area contributed by atoms with E-state index < -0.39 is 15.3 Å². The highest BCUT2D eigenvalue weighted by molar-refractivity contribution is 7.90. The molecule has 0 spiro atoms. The van der Waals surface area contributed by atoms with Crippen molar-refractivity contribution in [3.63, 3.8) is 0 Å². The van der Waals surface area contributed by atoms with Gasteiger partial charge in [0.2, 0.25) is 0 Å². The Balaban J connectivity index is 1.95. The summed E-state index contributed by atoms with van der Waals surface area (Å²) in [6.07, 6.45) is 4.40. The smallest absolute Gasteiger partial charge is 0.148 e. The molecule has 194 valence electrons. The fraction of sp³-hybridized carbons (Fsp3) is 0.552. The van der Waals surface area contributed by atoms with Gasteiger partial charge in [-0.25, -0.2) is 8.42 Å². The van der Waals surface area contributed by atoms with Gasteiger partial charge in [-0.1, -0.05) is 37.3 Å². The number of hydrogen-bond donors (Lipinski definition) is 1. The molecule has 0 aromatic heterocycles. The van der Waals surface area contributed by atoms with Crippen molar-refractivity contribution in [2.45, 2.75) is 73.3 Å². The Morgan fingerprint density at radius 1 is 1.09 bits per heavy atom. The van der Waals surface area contributed by atoms with Gasteiger partial charge in [0.25, 0.3) is 0 Å². The van der Waals surface area contributed by atoms with E-state index in [0.29, 0.717) is 25.6 Å². The van der Waals surface area contributed by atoms with Crippen LogP contribution in [0.2, 0.25) is 0 Å². The van der Waals surface area contributed by atoms with Crippen LogP contribution in [0.4, 0.5) is 0 Å². The fourth-order valence-electron chi connectivity index (χ4n) is 3.99. The highest BCUT2D eigenvalue weighted by Crippen LogP contribution is 2.29. The van der Waals surface area contributed by atoms with Crippen molar-refractivity contribution in [1.82, 2.24) is 5.32 Å². The molecule has 0 bridgehead atoms. The van der Waals surface area contributed by atoms with Crippen LogP contribution in [0.25, 0.3) is 0 Å². The van der Waals surface area contributed by atoms with Crippen LogP contribution in [-0.2, 0) is 27.6 Å². The summed E-state index contributed by atoms with van der Waals surface area (Å²) in [4.78, 5) is 11.7. The van der Waals surface area contributed by atoms with Crippen molar-refractivity contribution >= 4 is 15.6 Å². The molecule has 1 atom stereocenters. The predicted molar refractivity (Wildman–Crippen MR) is 145 cm³/mol. The average Bonchev–Trinajstić information content (AvgIpc) is 2.76. The molecule has 5 nitrogen and oxygen atoms in total. The zero-order valence-electron chi connectivity index (χ0n) is 22.5. The maximum atomic E-state index is 11.7. The summed E-state index contributed by atoms with van der Waals surface area (Å²) in [5.41, 5.74) is 5.70. The van der Waals surface area contributed by atoms with Crippen molar-refractivity contribution in [3.8, 4) is 5.75 Å². The van der Waals surface area contributed by atoms with Gasteiger partial charge in [-0.05, 0) is 93.7 Å². The van der Waals surface area contributed by atoms with Gasteiger partial charge in [0.15, 0.2) is 0 Å². The van der Waals surface area contributed by atoms with E-state index in [1.54, 1.807) is 6.92 Å². The third kappa shape index (κ3) is 9.42. The summed E-state index contributed by atoms with van der Waals surface area (Å²) in [6, 6.07) is 13.0. The second kappa shape index (κ2) is 12.7.